The van der Waals surface area contributed by atoms with Crippen molar-refractivity contribution in [2.24, 2.45) is 0 Å². The van der Waals surface area contributed by atoms with Gasteiger partial charge in [0.25, 0.3) is 0 Å². The van der Waals surface area contributed by atoms with Gasteiger partial charge in [-0.2, -0.15) is 31.6 Å². The second-order valence-electron chi connectivity index (χ2n) is 5.12. The van der Waals surface area contributed by atoms with E-state index in [1.165, 1.54) is 12.1 Å². The molecule has 1 rings (SSSR count). The van der Waals surface area contributed by atoms with Crippen LogP contribution in [0.15, 0.2) is 29.8 Å². The smallest absolute Gasteiger partial charge is 0.359 e. The SMILES string of the molecule is CC(C)=CCN(CC(F)(F)F)c1ccc(C#N)c(C(F)(F)F)c1. The first-order chi connectivity index (χ1) is 10.4. The standard InChI is InChI=1S/C15H14F6N2/c1-10(2)5-6-23(9-14(16,17)18)12-4-3-11(8-22)13(7-12)15(19,20)21/h3-5,7H,6,9H2,1-2H3. The van der Waals surface area contributed by atoms with Crippen molar-refractivity contribution in [3.8, 4) is 6.07 Å². The summed E-state index contributed by atoms with van der Waals surface area (Å²) < 4.78 is 76.8. The molecule has 0 saturated carbocycles. The molecule has 1 aromatic carbocycles. The lowest BCUT2D eigenvalue weighted by Gasteiger charge is -2.26. The van der Waals surface area contributed by atoms with Crippen LogP contribution in [0.3, 0.4) is 0 Å². The molecule has 0 spiro atoms. The monoisotopic (exact) mass is 336 g/mol. The van der Waals surface area contributed by atoms with Gasteiger partial charge in [0.2, 0.25) is 0 Å². The van der Waals surface area contributed by atoms with E-state index in [9.17, 15) is 26.3 Å². The maximum atomic E-state index is 12.9. The first-order valence-electron chi connectivity index (χ1n) is 6.50. The molecular weight excluding hydrogens is 322 g/mol. The van der Waals surface area contributed by atoms with Crippen molar-refractivity contribution in [3.05, 3.63) is 41.0 Å². The summed E-state index contributed by atoms with van der Waals surface area (Å²) in [6, 6.07) is 3.93. The quantitative estimate of drug-likeness (QED) is 0.577. The molecule has 0 unspecified atom stereocenters. The molecule has 0 saturated heterocycles. The van der Waals surface area contributed by atoms with E-state index in [0.717, 1.165) is 22.6 Å². The number of nitrogens with zero attached hydrogens (tertiary/aromatic N) is 2. The molecule has 1 aromatic rings. The number of allylic oxidation sites excluding steroid dienone is 1. The Morgan fingerprint density at radius 2 is 1.78 bits per heavy atom. The lowest BCUT2D eigenvalue weighted by Crippen LogP contribution is -2.34. The van der Waals surface area contributed by atoms with Gasteiger partial charge < -0.3 is 4.90 Å². The predicted molar refractivity (Wildman–Crippen MR) is 73.9 cm³/mol. The first-order valence-corrected chi connectivity index (χ1v) is 6.50. The Labute approximate surface area is 129 Å². The lowest BCUT2D eigenvalue weighted by molar-refractivity contribution is -0.137. The average Bonchev–Trinajstić information content (AvgIpc) is 2.40. The van der Waals surface area contributed by atoms with Crippen molar-refractivity contribution < 1.29 is 26.3 Å². The Hall–Kier alpha value is -2.17. The zero-order chi connectivity index (χ0) is 17.8. The van der Waals surface area contributed by atoms with Crippen LogP contribution in [0.1, 0.15) is 25.0 Å². The summed E-state index contributed by atoms with van der Waals surface area (Å²) in [6.45, 7) is 1.77. The number of hydrogen-bond donors (Lipinski definition) is 0. The van der Waals surface area contributed by atoms with Crippen LogP contribution in [0.2, 0.25) is 0 Å². The van der Waals surface area contributed by atoms with Crippen LogP contribution in [-0.4, -0.2) is 19.3 Å². The van der Waals surface area contributed by atoms with Gasteiger partial charge in [0.05, 0.1) is 17.2 Å². The number of rotatable bonds is 4. The normalized spacial score (nSPS) is 11.8. The molecule has 0 fully saturated rings. The minimum absolute atomic E-state index is 0.189. The van der Waals surface area contributed by atoms with Crippen molar-refractivity contribution in [2.75, 3.05) is 18.0 Å². The van der Waals surface area contributed by atoms with Crippen molar-refractivity contribution >= 4 is 5.69 Å². The minimum Gasteiger partial charge on any atom is -0.359 e. The zero-order valence-corrected chi connectivity index (χ0v) is 12.4. The molecule has 0 aliphatic carbocycles. The van der Waals surface area contributed by atoms with E-state index in [1.807, 2.05) is 0 Å². The van der Waals surface area contributed by atoms with E-state index >= 15 is 0 Å². The predicted octanol–water partition coefficient (Wildman–Crippen LogP) is 4.91. The minimum atomic E-state index is -4.82. The van der Waals surface area contributed by atoms with Gasteiger partial charge in [-0.25, -0.2) is 0 Å². The third kappa shape index (κ3) is 5.85. The van der Waals surface area contributed by atoms with E-state index in [2.05, 4.69) is 0 Å². The van der Waals surface area contributed by atoms with Crippen LogP contribution in [0, 0.1) is 11.3 Å². The van der Waals surface area contributed by atoms with Crippen LogP contribution in [0.25, 0.3) is 0 Å². The number of alkyl halides is 6. The lowest BCUT2D eigenvalue weighted by atomic mass is 10.1. The number of nitriles is 1. The second-order valence-corrected chi connectivity index (χ2v) is 5.12. The van der Waals surface area contributed by atoms with Gasteiger partial charge in [-0.05, 0) is 32.0 Å². The van der Waals surface area contributed by atoms with Crippen LogP contribution < -0.4 is 4.90 Å². The average molecular weight is 336 g/mol. The second kappa shape index (κ2) is 6.94. The summed E-state index contributed by atoms with van der Waals surface area (Å²) in [4.78, 5) is 0.781. The number of hydrogen-bond acceptors (Lipinski definition) is 2. The molecule has 0 bridgehead atoms. The van der Waals surface area contributed by atoms with Crippen molar-refractivity contribution in [2.45, 2.75) is 26.2 Å². The summed E-state index contributed by atoms with van der Waals surface area (Å²) in [6.07, 6.45) is -7.90. The van der Waals surface area contributed by atoms with Crippen molar-refractivity contribution in [1.82, 2.24) is 0 Å². The summed E-state index contributed by atoms with van der Waals surface area (Å²) in [7, 11) is 0. The highest BCUT2D eigenvalue weighted by Gasteiger charge is 2.35. The highest BCUT2D eigenvalue weighted by molar-refractivity contribution is 5.55. The summed E-state index contributed by atoms with van der Waals surface area (Å²) in [5.41, 5.74) is -1.38. The van der Waals surface area contributed by atoms with E-state index in [4.69, 9.17) is 5.26 Å². The Kier molecular flexibility index (Phi) is 5.70. The van der Waals surface area contributed by atoms with E-state index in [1.54, 1.807) is 13.8 Å². The number of anilines is 1. The highest BCUT2D eigenvalue weighted by Crippen LogP contribution is 2.35. The van der Waals surface area contributed by atoms with E-state index in [0.29, 0.717) is 6.07 Å². The molecular formula is C15H14F6N2. The third-order valence-corrected chi connectivity index (χ3v) is 2.88. The van der Waals surface area contributed by atoms with Gasteiger partial charge in [-0.15, -0.1) is 0 Å². The molecule has 0 aromatic heterocycles. The molecule has 8 heteroatoms. The maximum Gasteiger partial charge on any atom is 0.417 e. The highest BCUT2D eigenvalue weighted by atomic mass is 19.4. The zero-order valence-electron chi connectivity index (χ0n) is 12.4. The van der Waals surface area contributed by atoms with Gasteiger partial charge in [-0.1, -0.05) is 11.6 Å². The summed E-state index contributed by atoms with van der Waals surface area (Å²) >= 11 is 0. The van der Waals surface area contributed by atoms with Gasteiger partial charge in [0.15, 0.2) is 0 Å². The molecule has 0 amide bonds. The summed E-state index contributed by atoms with van der Waals surface area (Å²) in [5, 5.41) is 8.72. The number of benzene rings is 1. The Balaban J connectivity index is 3.31. The summed E-state index contributed by atoms with van der Waals surface area (Å²) in [5.74, 6) is 0. The fraction of sp³-hybridized carbons (Fsp3) is 0.400. The molecule has 0 N–H and O–H groups in total. The molecule has 0 aliphatic rings. The van der Waals surface area contributed by atoms with Crippen LogP contribution >= 0.6 is 0 Å². The molecule has 2 nitrogen and oxygen atoms in total. The molecule has 126 valence electrons. The van der Waals surface area contributed by atoms with Crippen molar-refractivity contribution in [1.29, 1.82) is 5.26 Å². The van der Waals surface area contributed by atoms with Crippen LogP contribution in [0.5, 0.6) is 0 Å². The van der Waals surface area contributed by atoms with Gasteiger partial charge >= 0.3 is 12.4 Å². The van der Waals surface area contributed by atoms with Crippen LogP contribution in [0.4, 0.5) is 32.0 Å². The van der Waals surface area contributed by atoms with Crippen molar-refractivity contribution in [3.63, 3.8) is 0 Å². The molecule has 23 heavy (non-hydrogen) atoms. The van der Waals surface area contributed by atoms with E-state index < -0.39 is 30.0 Å². The third-order valence-electron chi connectivity index (χ3n) is 2.88. The topological polar surface area (TPSA) is 27.0 Å². The van der Waals surface area contributed by atoms with Gasteiger partial charge in [-0.3, -0.25) is 0 Å². The molecule has 0 radical (unpaired) electrons. The van der Waals surface area contributed by atoms with Gasteiger partial charge in [0.1, 0.15) is 6.54 Å². The van der Waals surface area contributed by atoms with Gasteiger partial charge in [0, 0.05) is 12.2 Å². The maximum absolute atomic E-state index is 12.9. The Bertz CT molecular complexity index is 618. The first kappa shape index (κ1) is 18.9. The number of halogens is 6. The fourth-order valence-electron chi connectivity index (χ4n) is 1.83. The van der Waals surface area contributed by atoms with Crippen LogP contribution in [-0.2, 0) is 6.18 Å². The Morgan fingerprint density at radius 1 is 1.17 bits per heavy atom. The molecule has 0 atom stereocenters. The Morgan fingerprint density at radius 3 is 2.22 bits per heavy atom. The molecule has 0 heterocycles. The molecule has 0 aliphatic heterocycles. The fourth-order valence-corrected chi connectivity index (χ4v) is 1.83. The van der Waals surface area contributed by atoms with E-state index in [-0.39, 0.29) is 12.2 Å². The largest absolute Gasteiger partial charge is 0.417 e.